The van der Waals surface area contributed by atoms with Crippen LogP contribution in [0.3, 0.4) is 0 Å². The van der Waals surface area contributed by atoms with Gasteiger partial charge >= 0.3 is 6.18 Å². The van der Waals surface area contributed by atoms with Crippen LogP contribution in [-0.4, -0.2) is 29.8 Å². The van der Waals surface area contributed by atoms with Crippen LogP contribution in [0.4, 0.5) is 13.2 Å². The van der Waals surface area contributed by atoms with Crippen molar-refractivity contribution >= 4 is 29.9 Å². The molecule has 1 saturated carbocycles. The van der Waals surface area contributed by atoms with E-state index in [1.807, 2.05) is 0 Å². The van der Waals surface area contributed by atoms with Crippen LogP contribution in [0.25, 0.3) is 0 Å². The minimum atomic E-state index is -4.39. The van der Waals surface area contributed by atoms with Crippen LogP contribution in [-0.2, 0) is 6.54 Å². The number of nitrogens with two attached hydrogens (primary N) is 1. The number of halogens is 4. The molecule has 1 aromatic heterocycles. The Labute approximate surface area is 162 Å². The number of hydrogen-bond acceptors (Lipinski definition) is 3. The summed E-state index contributed by atoms with van der Waals surface area (Å²) in [6.45, 7) is -1.10. The molecule has 3 N–H and O–H groups in total. The predicted molar refractivity (Wildman–Crippen MR) is 101 cm³/mol. The number of alkyl halides is 3. The Morgan fingerprint density at radius 2 is 1.96 bits per heavy atom. The second-order valence-corrected chi connectivity index (χ2v) is 5.94. The van der Waals surface area contributed by atoms with Gasteiger partial charge in [0.15, 0.2) is 12.6 Å². The molecule has 1 fully saturated rings. The van der Waals surface area contributed by atoms with Crippen molar-refractivity contribution in [2.24, 2.45) is 10.7 Å². The second kappa shape index (κ2) is 10.7. The van der Waals surface area contributed by atoms with Gasteiger partial charge in [0.25, 0.3) is 0 Å². The summed E-state index contributed by atoms with van der Waals surface area (Å²) in [6, 6.07) is 3.45. The maximum absolute atomic E-state index is 12.1. The number of aromatic nitrogens is 1. The van der Waals surface area contributed by atoms with Crippen molar-refractivity contribution in [2.45, 2.75) is 57.3 Å². The minimum Gasteiger partial charge on any atom is -0.468 e. The molecule has 1 aliphatic carbocycles. The van der Waals surface area contributed by atoms with Crippen molar-refractivity contribution in [3.8, 4) is 5.88 Å². The number of aliphatic imine (C=N–C) groups is 1. The highest BCUT2D eigenvalue weighted by Gasteiger charge is 2.28. The molecule has 1 aromatic rings. The van der Waals surface area contributed by atoms with Gasteiger partial charge in [0.2, 0.25) is 5.88 Å². The van der Waals surface area contributed by atoms with Gasteiger partial charge in [0.05, 0.1) is 6.54 Å². The van der Waals surface area contributed by atoms with Crippen LogP contribution in [0.2, 0.25) is 0 Å². The Morgan fingerprint density at radius 3 is 2.60 bits per heavy atom. The molecule has 0 aliphatic heterocycles. The number of ether oxygens (including phenoxy) is 1. The monoisotopic (exact) mass is 472 g/mol. The van der Waals surface area contributed by atoms with Crippen LogP contribution >= 0.6 is 24.0 Å². The summed E-state index contributed by atoms with van der Waals surface area (Å²) in [5.74, 6) is 0.284. The molecule has 0 bridgehead atoms. The number of rotatable bonds is 5. The molecule has 1 heterocycles. The summed E-state index contributed by atoms with van der Waals surface area (Å²) in [5, 5.41) is 3.22. The number of hydrogen-bond donors (Lipinski definition) is 2. The van der Waals surface area contributed by atoms with Gasteiger partial charge < -0.3 is 15.8 Å². The first-order valence-corrected chi connectivity index (χ1v) is 8.13. The van der Waals surface area contributed by atoms with E-state index >= 15 is 0 Å². The SMILES string of the molecule is I.NC(=NCc1ccnc(OCC(F)(F)F)c1)NC1CCCCCC1. The Balaban J connectivity index is 0.00000312. The molecule has 0 spiro atoms. The van der Waals surface area contributed by atoms with E-state index < -0.39 is 12.8 Å². The predicted octanol–water partition coefficient (Wildman–Crippen LogP) is 3.77. The van der Waals surface area contributed by atoms with Gasteiger partial charge in [-0.1, -0.05) is 25.7 Å². The van der Waals surface area contributed by atoms with Crippen LogP contribution in [0.1, 0.15) is 44.1 Å². The first-order valence-electron chi connectivity index (χ1n) is 8.13. The molecular weight excluding hydrogens is 448 g/mol. The molecule has 9 heteroatoms. The van der Waals surface area contributed by atoms with Crippen LogP contribution in [0, 0.1) is 0 Å². The van der Waals surface area contributed by atoms with E-state index in [0.717, 1.165) is 12.8 Å². The molecule has 25 heavy (non-hydrogen) atoms. The summed E-state index contributed by atoms with van der Waals surface area (Å²) >= 11 is 0. The Hall–Kier alpha value is -1.26. The summed E-state index contributed by atoms with van der Waals surface area (Å²) < 4.78 is 41.1. The Kier molecular flexibility index (Phi) is 9.30. The van der Waals surface area contributed by atoms with Crippen molar-refractivity contribution in [3.63, 3.8) is 0 Å². The zero-order chi connectivity index (χ0) is 17.4. The van der Waals surface area contributed by atoms with Gasteiger partial charge in [0, 0.05) is 18.3 Å². The first kappa shape index (κ1) is 21.8. The van der Waals surface area contributed by atoms with Crippen LogP contribution < -0.4 is 15.8 Å². The highest BCUT2D eigenvalue weighted by atomic mass is 127. The summed E-state index contributed by atoms with van der Waals surface area (Å²) in [6.07, 6.45) is 4.07. The van der Waals surface area contributed by atoms with Gasteiger partial charge in [-0.15, -0.1) is 24.0 Å². The zero-order valence-corrected chi connectivity index (χ0v) is 16.2. The van der Waals surface area contributed by atoms with Gasteiger partial charge in [-0.05, 0) is 24.5 Å². The summed E-state index contributed by atoms with van der Waals surface area (Å²) in [4.78, 5) is 8.00. The smallest absolute Gasteiger partial charge is 0.422 e. The van der Waals surface area contributed by atoms with E-state index in [2.05, 4.69) is 20.0 Å². The van der Waals surface area contributed by atoms with E-state index in [4.69, 9.17) is 5.73 Å². The quantitative estimate of drug-likeness (QED) is 0.296. The summed E-state index contributed by atoms with van der Waals surface area (Å²) in [5.41, 5.74) is 6.59. The van der Waals surface area contributed by atoms with E-state index in [9.17, 15) is 13.2 Å². The Bertz CT molecular complexity index is 546. The largest absolute Gasteiger partial charge is 0.468 e. The molecule has 0 unspecified atom stereocenters. The average Bonchev–Trinajstić information content (AvgIpc) is 2.79. The van der Waals surface area contributed by atoms with Crippen molar-refractivity contribution in [3.05, 3.63) is 23.9 Å². The molecular formula is C16H24F3IN4O. The van der Waals surface area contributed by atoms with Crippen molar-refractivity contribution in [1.29, 1.82) is 0 Å². The third-order valence-corrected chi connectivity index (χ3v) is 3.82. The van der Waals surface area contributed by atoms with E-state index in [1.54, 1.807) is 6.07 Å². The number of nitrogens with zero attached hydrogens (tertiary/aromatic N) is 2. The molecule has 0 aromatic carbocycles. The molecule has 0 amide bonds. The Morgan fingerprint density at radius 1 is 1.28 bits per heavy atom. The summed E-state index contributed by atoms with van der Waals surface area (Å²) in [7, 11) is 0. The molecule has 142 valence electrons. The van der Waals surface area contributed by atoms with Crippen molar-refractivity contribution in [1.82, 2.24) is 10.3 Å². The fourth-order valence-corrected chi connectivity index (χ4v) is 2.64. The maximum atomic E-state index is 12.1. The number of pyridine rings is 1. The lowest BCUT2D eigenvalue weighted by Crippen LogP contribution is -2.39. The standard InChI is InChI=1S/C16H23F3N4O.HI/c17-16(18,19)11-24-14-9-12(7-8-21-14)10-22-15(20)23-13-5-3-1-2-4-6-13;/h7-9,13H,1-6,10-11H2,(H3,20,22,23);1H. The van der Waals surface area contributed by atoms with Gasteiger partial charge in [-0.2, -0.15) is 13.2 Å². The van der Waals surface area contributed by atoms with E-state index in [0.29, 0.717) is 17.6 Å². The fourth-order valence-electron chi connectivity index (χ4n) is 2.64. The van der Waals surface area contributed by atoms with Crippen molar-refractivity contribution in [2.75, 3.05) is 6.61 Å². The maximum Gasteiger partial charge on any atom is 0.422 e. The number of guanidine groups is 1. The van der Waals surface area contributed by atoms with Gasteiger partial charge in [-0.3, -0.25) is 0 Å². The molecule has 2 rings (SSSR count). The third-order valence-electron chi connectivity index (χ3n) is 3.82. The molecule has 0 saturated heterocycles. The zero-order valence-electron chi connectivity index (χ0n) is 13.9. The van der Waals surface area contributed by atoms with Gasteiger partial charge in [-0.25, -0.2) is 9.98 Å². The lowest BCUT2D eigenvalue weighted by Gasteiger charge is -2.16. The van der Waals surface area contributed by atoms with E-state index in [1.165, 1.54) is 37.9 Å². The highest BCUT2D eigenvalue weighted by molar-refractivity contribution is 14.0. The van der Waals surface area contributed by atoms with Crippen LogP contribution in [0.15, 0.2) is 23.3 Å². The minimum absolute atomic E-state index is 0. The van der Waals surface area contributed by atoms with Crippen LogP contribution in [0.5, 0.6) is 5.88 Å². The third kappa shape index (κ3) is 9.13. The average molecular weight is 472 g/mol. The second-order valence-electron chi connectivity index (χ2n) is 5.94. The van der Waals surface area contributed by atoms with Gasteiger partial charge in [0.1, 0.15) is 0 Å². The topological polar surface area (TPSA) is 72.5 Å². The van der Waals surface area contributed by atoms with E-state index in [-0.39, 0.29) is 36.4 Å². The fraction of sp³-hybridized carbons (Fsp3) is 0.625. The highest BCUT2D eigenvalue weighted by Crippen LogP contribution is 2.18. The number of nitrogens with one attached hydrogen (secondary N) is 1. The lowest BCUT2D eigenvalue weighted by atomic mass is 10.1. The molecule has 5 nitrogen and oxygen atoms in total. The van der Waals surface area contributed by atoms with Crippen molar-refractivity contribution < 1.29 is 17.9 Å². The molecule has 0 radical (unpaired) electrons. The normalized spacial score (nSPS) is 16.7. The first-order chi connectivity index (χ1) is 11.4. The lowest BCUT2D eigenvalue weighted by molar-refractivity contribution is -0.154. The molecule has 0 atom stereocenters. The molecule has 1 aliphatic rings.